The first kappa shape index (κ1) is 59.3. The molecule has 0 fully saturated rings. The Morgan fingerprint density at radius 1 is 0.466 bits per heavy atom. The van der Waals surface area contributed by atoms with E-state index in [1.165, 1.54) is 6.07 Å². The fourth-order valence-electron chi connectivity index (χ4n) is 7.32. The molecule has 73 heavy (non-hydrogen) atoms. The van der Waals surface area contributed by atoms with Crippen LogP contribution in [0.2, 0.25) is 0 Å². The molecule has 0 aliphatic rings. The SMILES string of the molecule is O=C(O)CC[C@H](NC(=O)N[C@@H](CCCCNC(=O)CCCCCCC(=O)NCCCC[C@@H](NC(=O)[C@H](Cc1ccccc1)NC(=O)[C@H](Cc1ccccc1)NC(=O)c1ccc(F)nc1)C(=O)O)C(=O)O)C(=O)O. The van der Waals surface area contributed by atoms with Crippen molar-refractivity contribution in [2.75, 3.05) is 13.1 Å². The average molecular weight is 1020 g/mol. The summed E-state index contributed by atoms with van der Waals surface area (Å²) < 4.78 is 13.5. The zero-order valence-electron chi connectivity index (χ0n) is 40.3. The Labute approximate surface area is 421 Å². The van der Waals surface area contributed by atoms with Crippen LogP contribution in [0.5, 0.6) is 0 Å². The Kier molecular flexibility index (Phi) is 26.7. The first-order valence-corrected chi connectivity index (χ1v) is 24.0. The van der Waals surface area contributed by atoms with Crippen molar-refractivity contribution in [1.82, 2.24) is 42.2 Å². The van der Waals surface area contributed by atoms with Crippen LogP contribution in [0.15, 0.2) is 79.0 Å². The second kappa shape index (κ2) is 32.8. The third-order valence-corrected chi connectivity index (χ3v) is 11.3. The van der Waals surface area contributed by atoms with E-state index in [1.807, 2.05) is 0 Å². The van der Waals surface area contributed by atoms with Crippen LogP contribution >= 0.6 is 0 Å². The largest absolute Gasteiger partial charge is 0.481 e. The van der Waals surface area contributed by atoms with Crippen molar-refractivity contribution in [2.24, 2.45) is 0 Å². The minimum Gasteiger partial charge on any atom is -0.481 e. The molecule has 1 heterocycles. The van der Waals surface area contributed by atoms with Crippen LogP contribution in [0.4, 0.5) is 9.18 Å². The normalized spacial score (nSPS) is 12.8. The van der Waals surface area contributed by atoms with Gasteiger partial charge in [-0.15, -0.1) is 0 Å². The van der Waals surface area contributed by atoms with E-state index in [0.717, 1.165) is 12.3 Å². The van der Waals surface area contributed by atoms with E-state index >= 15 is 0 Å². The Morgan fingerprint density at radius 3 is 1.34 bits per heavy atom. The van der Waals surface area contributed by atoms with Crippen LogP contribution in [0, 0.1) is 5.95 Å². The Hall–Kier alpha value is -7.98. The molecule has 0 aliphatic heterocycles. The van der Waals surface area contributed by atoms with E-state index in [2.05, 4.69) is 42.2 Å². The second-order valence-electron chi connectivity index (χ2n) is 17.2. The number of rotatable bonds is 35. The number of aliphatic carboxylic acids is 4. The molecule has 11 N–H and O–H groups in total. The minimum absolute atomic E-state index is 0.00353. The van der Waals surface area contributed by atoms with Gasteiger partial charge in [0.05, 0.1) is 5.56 Å². The highest BCUT2D eigenvalue weighted by molar-refractivity contribution is 5.98. The first-order valence-electron chi connectivity index (χ1n) is 24.0. The molecule has 7 amide bonds. The molecule has 0 spiro atoms. The lowest BCUT2D eigenvalue weighted by atomic mass is 10.0. The lowest BCUT2D eigenvalue weighted by Crippen LogP contribution is -2.57. The molecule has 3 rings (SSSR count). The van der Waals surface area contributed by atoms with Crippen LogP contribution in [0.1, 0.15) is 111 Å². The van der Waals surface area contributed by atoms with E-state index in [9.17, 15) is 67.7 Å². The Balaban J connectivity index is 1.36. The molecule has 0 aliphatic carbocycles. The number of carbonyl (C=O) groups is 10. The van der Waals surface area contributed by atoms with Crippen molar-refractivity contribution in [3.8, 4) is 0 Å². The zero-order chi connectivity index (χ0) is 53.5. The summed E-state index contributed by atoms with van der Waals surface area (Å²) in [5.41, 5.74) is 1.37. The molecule has 1 aromatic heterocycles. The molecular formula is C50H65FN8O14. The highest BCUT2D eigenvalue weighted by atomic mass is 19.1. The number of amides is 7. The van der Waals surface area contributed by atoms with Gasteiger partial charge in [0, 0.05) is 51.4 Å². The van der Waals surface area contributed by atoms with Crippen molar-refractivity contribution in [3.63, 3.8) is 0 Å². The fourth-order valence-corrected chi connectivity index (χ4v) is 7.32. The molecule has 23 heteroatoms. The number of nitrogens with one attached hydrogen (secondary N) is 7. The smallest absolute Gasteiger partial charge is 0.326 e. The lowest BCUT2D eigenvalue weighted by Gasteiger charge is -2.25. The summed E-state index contributed by atoms with van der Waals surface area (Å²) in [6.07, 6.45) is 4.63. The van der Waals surface area contributed by atoms with Crippen molar-refractivity contribution < 1.29 is 72.8 Å². The van der Waals surface area contributed by atoms with Gasteiger partial charge in [-0.1, -0.05) is 73.5 Å². The number of carboxylic acid groups (broad SMARTS) is 4. The number of nitrogens with zero attached hydrogens (tertiary/aromatic N) is 1. The van der Waals surface area contributed by atoms with Gasteiger partial charge in [0.25, 0.3) is 5.91 Å². The lowest BCUT2D eigenvalue weighted by molar-refractivity contribution is -0.142. The summed E-state index contributed by atoms with van der Waals surface area (Å²) in [7, 11) is 0. The highest BCUT2D eigenvalue weighted by Gasteiger charge is 2.31. The van der Waals surface area contributed by atoms with Crippen molar-refractivity contribution >= 4 is 59.4 Å². The van der Waals surface area contributed by atoms with Crippen LogP contribution in [0.25, 0.3) is 0 Å². The van der Waals surface area contributed by atoms with Crippen LogP contribution in [0.3, 0.4) is 0 Å². The quantitative estimate of drug-likeness (QED) is 0.0298. The summed E-state index contributed by atoms with van der Waals surface area (Å²) in [5.74, 6) is -8.75. The topological polar surface area (TPSA) is 349 Å². The molecule has 396 valence electrons. The maximum Gasteiger partial charge on any atom is 0.326 e. The van der Waals surface area contributed by atoms with Gasteiger partial charge in [0.1, 0.15) is 30.2 Å². The molecule has 2 aromatic carbocycles. The Morgan fingerprint density at radius 2 is 0.904 bits per heavy atom. The van der Waals surface area contributed by atoms with Gasteiger partial charge < -0.3 is 57.6 Å². The summed E-state index contributed by atoms with van der Waals surface area (Å²) in [6, 6.07) is 12.1. The summed E-state index contributed by atoms with van der Waals surface area (Å²) in [5, 5.41) is 55.1. The van der Waals surface area contributed by atoms with Crippen molar-refractivity contribution in [3.05, 3.63) is 102 Å². The van der Waals surface area contributed by atoms with Gasteiger partial charge in [-0.05, 0) is 81.0 Å². The molecular weight excluding hydrogens is 956 g/mol. The molecule has 5 atom stereocenters. The third-order valence-electron chi connectivity index (χ3n) is 11.3. The van der Waals surface area contributed by atoms with E-state index in [-0.39, 0.29) is 75.4 Å². The molecule has 3 aromatic rings. The number of pyridine rings is 1. The number of carbonyl (C=O) groups excluding carboxylic acids is 6. The van der Waals surface area contributed by atoms with Gasteiger partial charge in [-0.3, -0.25) is 28.8 Å². The van der Waals surface area contributed by atoms with Crippen LogP contribution in [-0.4, -0.2) is 128 Å². The predicted molar refractivity (Wildman–Crippen MR) is 260 cm³/mol. The second-order valence-corrected chi connectivity index (χ2v) is 17.2. The number of benzene rings is 2. The molecule has 0 bridgehead atoms. The molecule has 0 unspecified atom stereocenters. The maximum atomic E-state index is 13.9. The zero-order valence-corrected chi connectivity index (χ0v) is 40.3. The van der Waals surface area contributed by atoms with E-state index in [4.69, 9.17) is 5.11 Å². The molecule has 0 saturated carbocycles. The molecule has 0 saturated heterocycles. The number of aromatic nitrogens is 1. The van der Waals surface area contributed by atoms with Crippen LogP contribution in [-0.2, 0) is 51.2 Å². The minimum atomic E-state index is -1.52. The number of hydrogen-bond donors (Lipinski definition) is 11. The summed E-state index contributed by atoms with van der Waals surface area (Å²) >= 11 is 0. The average Bonchev–Trinajstić information content (AvgIpc) is 3.35. The number of urea groups is 1. The number of halogens is 1. The number of carboxylic acids is 4. The van der Waals surface area contributed by atoms with Gasteiger partial charge in [-0.2, -0.15) is 4.39 Å². The van der Waals surface area contributed by atoms with E-state index < -0.39 is 90.2 Å². The predicted octanol–water partition coefficient (Wildman–Crippen LogP) is 2.84. The van der Waals surface area contributed by atoms with Gasteiger partial charge in [-0.25, -0.2) is 24.2 Å². The maximum absolute atomic E-state index is 13.9. The van der Waals surface area contributed by atoms with Gasteiger partial charge in [0.2, 0.25) is 29.6 Å². The Bertz CT molecular complexity index is 2290. The van der Waals surface area contributed by atoms with Crippen molar-refractivity contribution in [1.29, 1.82) is 0 Å². The third kappa shape index (κ3) is 24.6. The van der Waals surface area contributed by atoms with Crippen molar-refractivity contribution in [2.45, 2.75) is 133 Å². The molecule has 22 nitrogen and oxygen atoms in total. The fraction of sp³-hybridized carbons (Fsp3) is 0.460. The number of hydrogen-bond acceptors (Lipinski definition) is 11. The van der Waals surface area contributed by atoms with Gasteiger partial charge >= 0.3 is 29.9 Å². The first-order chi connectivity index (χ1) is 34.9. The standard InChI is InChI=1S/C50H65FN8O14/c51-40-25-23-34(31-54-40)44(64)56-38(29-32-15-5-3-6-16-32)46(66)57-39(30-33-17-7-4-8-18-33)45(65)55-35(47(67)68)19-11-13-27-52-41(60)21-9-1-2-10-22-42(61)53-28-14-12-20-36(48(69)70)58-50(73)59-37(49(71)72)24-26-43(62)63/h3-8,15-18,23,25,31,35-39H,1-2,9-14,19-22,24,26-30H2,(H,52,60)(H,53,61)(H,55,65)(H,56,64)(H,57,66)(H,62,63)(H,67,68)(H,69,70)(H,71,72)(H2,58,59,73)/t35-,36+,37+,38+,39+/m1/s1. The monoisotopic (exact) mass is 1020 g/mol. The number of unbranched alkanes of at least 4 members (excludes halogenated alkanes) is 5. The van der Waals surface area contributed by atoms with E-state index in [1.54, 1.807) is 60.7 Å². The van der Waals surface area contributed by atoms with Crippen LogP contribution < -0.4 is 37.2 Å². The highest BCUT2D eigenvalue weighted by Crippen LogP contribution is 2.11. The molecule has 0 radical (unpaired) electrons. The summed E-state index contributed by atoms with van der Waals surface area (Å²) in [6.45, 7) is 0.523. The van der Waals surface area contributed by atoms with E-state index in [0.29, 0.717) is 62.5 Å². The van der Waals surface area contributed by atoms with Gasteiger partial charge in [0.15, 0.2) is 0 Å². The summed E-state index contributed by atoms with van der Waals surface area (Å²) in [4.78, 5) is 127.